The molecule has 1 aromatic heterocycles. The minimum Gasteiger partial charge on any atom is -0.459 e. The summed E-state index contributed by atoms with van der Waals surface area (Å²) < 4.78 is 8.15. The maximum absolute atomic E-state index is 12.0. The van der Waals surface area contributed by atoms with Crippen LogP contribution >= 0.6 is 15.9 Å². The Morgan fingerprint density at radius 3 is 2.40 bits per heavy atom. The molecule has 1 aromatic carbocycles. The molecular weight excluding hydrogens is 318 g/mol. The molecule has 0 aliphatic heterocycles. The highest BCUT2D eigenvalue weighted by Gasteiger charge is 2.18. The van der Waals surface area contributed by atoms with Gasteiger partial charge in [0, 0.05) is 5.69 Å². The van der Waals surface area contributed by atoms with E-state index < -0.39 is 5.60 Å². The van der Waals surface area contributed by atoms with Gasteiger partial charge in [-0.25, -0.2) is 0 Å². The van der Waals surface area contributed by atoms with Crippen molar-refractivity contribution < 1.29 is 9.53 Å². The molecule has 20 heavy (non-hydrogen) atoms. The fourth-order valence-corrected chi connectivity index (χ4v) is 2.42. The fourth-order valence-electron chi connectivity index (χ4n) is 1.97. The molecule has 0 radical (unpaired) electrons. The Labute approximate surface area is 127 Å². The summed E-state index contributed by atoms with van der Waals surface area (Å²) >= 11 is 3.48. The minimum absolute atomic E-state index is 0.190. The first-order chi connectivity index (χ1) is 9.37. The second-order valence-electron chi connectivity index (χ2n) is 5.58. The van der Waals surface area contributed by atoms with Gasteiger partial charge in [0.2, 0.25) is 0 Å². The van der Waals surface area contributed by atoms with Crippen LogP contribution in [0.25, 0.3) is 11.3 Å². The van der Waals surface area contributed by atoms with Gasteiger partial charge in [-0.2, -0.15) is 0 Å². The van der Waals surface area contributed by atoms with Gasteiger partial charge in [-0.3, -0.25) is 4.79 Å². The number of halogens is 1. The number of carbonyl (C=O) groups is 1. The van der Waals surface area contributed by atoms with E-state index in [-0.39, 0.29) is 12.5 Å². The van der Waals surface area contributed by atoms with Crippen LogP contribution in [0.2, 0.25) is 0 Å². The molecule has 0 saturated carbocycles. The molecule has 3 nitrogen and oxygen atoms in total. The van der Waals surface area contributed by atoms with E-state index in [1.165, 1.54) is 0 Å². The molecule has 1 heterocycles. The van der Waals surface area contributed by atoms with E-state index >= 15 is 0 Å². The number of aromatic nitrogens is 1. The molecular formula is C16H18BrNO2. The first-order valence-electron chi connectivity index (χ1n) is 6.49. The Morgan fingerprint density at radius 2 is 1.80 bits per heavy atom. The van der Waals surface area contributed by atoms with Crippen LogP contribution in [0.1, 0.15) is 20.8 Å². The van der Waals surface area contributed by atoms with Gasteiger partial charge in [0.05, 0.1) is 4.60 Å². The molecule has 0 bridgehead atoms. The van der Waals surface area contributed by atoms with Gasteiger partial charge < -0.3 is 9.30 Å². The highest BCUT2D eigenvalue weighted by atomic mass is 79.9. The average Bonchev–Trinajstić information content (AvgIpc) is 2.70. The van der Waals surface area contributed by atoms with Gasteiger partial charge >= 0.3 is 5.97 Å². The first-order valence-corrected chi connectivity index (χ1v) is 7.28. The lowest BCUT2D eigenvalue weighted by atomic mass is 10.1. The number of ether oxygens (including phenoxy) is 1. The second-order valence-corrected chi connectivity index (χ2v) is 6.39. The molecule has 0 N–H and O–H groups in total. The molecule has 106 valence electrons. The third-order valence-corrected chi connectivity index (χ3v) is 3.40. The van der Waals surface area contributed by atoms with E-state index in [0.717, 1.165) is 15.9 Å². The van der Waals surface area contributed by atoms with Gasteiger partial charge in [-0.05, 0) is 54.4 Å². The maximum atomic E-state index is 12.0. The summed E-state index contributed by atoms with van der Waals surface area (Å²) in [6.45, 7) is 5.80. The summed E-state index contributed by atoms with van der Waals surface area (Å²) in [6, 6.07) is 13.9. The lowest BCUT2D eigenvalue weighted by molar-refractivity contribution is -0.155. The van der Waals surface area contributed by atoms with Crippen LogP contribution in [0.4, 0.5) is 0 Å². The van der Waals surface area contributed by atoms with Gasteiger partial charge in [-0.15, -0.1) is 0 Å². The van der Waals surface area contributed by atoms with Crippen molar-refractivity contribution in [3.63, 3.8) is 0 Å². The second kappa shape index (κ2) is 5.83. The van der Waals surface area contributed by atoms with Gasteiger partial charge in [0.15, 0.2) is 0 Å². The summed E-state index contributed by atoms with van der Waals surface area (Å²) in [7, 11) is 0. The first kappa shape index (κ1) is 14.9. The highest BCUT2D eigenvalue weighted by molar-refractivity contribution is 9.10. The number of nitrogens with zero attached hydrogens (tertiary/aromatic N) is 1. The van der Waals surface area contributed by atoms with Crippen LogP contribution in [-0.2, 0) is 16.1 Å². The predicted molar refractivity (Wildman–Crippen MR) is 83.4 cm³/mol. The largest absolute Gasteiger partial charge is 0.459 e. The van der Waals surface area contributed by atoms with Crippen LogP contribution < -0.4 is 0 Å². The summed E-state index contributed by atoms with van der Waals surface area (Å²) in [5.41, 5.74) is 1.59. The zero-order chi connectivity index (χ0) is 14.8. The quantitative estimate of drug-likeness (QED) is 0.784. The molecule has 0 fully saturated rings. The number of hydrogen-bond donors (Lipinski definition) is 0. The van der Waals surface area contributed by atoms with Crippen molar-refractivity contribution in [3.8, 4) is 11.3 Å². The molecule has 0 amide bonds. The van der Waals surface area contributed by atoms with Crippen molar-refractivity contribution in [1.82, 2.24) is 4.57 Å². The molecule has 0 aliphatic carbocycles. The van der Waals surface area contributed by atoms with Gasteiger partial charge in [0.25, 0.3) is 0 Å². The molecule has 0 atom stereocenters. The van der Waals surface area contributed by atoms with E-state index in [0.29, 0.717) is 0 Å². The molecule has 0 aliphatic rings. The lowest BCUT2D eigenvalue weighted by Gasteiger charge is -2.20. The van der Waals surface area contributed by atoms with Gasteiger partial charge in [0.1, 0.15) is 12.1 Å². The zero-order valence-electron chi connectivity index (χ0n) is 11.9. The van der Waals surface area contributed by atoms with Crippen molar-refractivity contribution in [1.29, 1.82) is 0 Å². The number of esters is 1. The number of hydrogen-bond acceptors (Lipinski definition) is 2. The molecule has 0 spiro atoms. The Balaban J connectivity index is 2.25. The van der Waals surface area contributed by atoms with E-state index in [4.69, 9.17) is 4.74 Å². The highest BCUT2D eigenvalue weighted by Crippen LogP contribution is 2.25. The number of carbonyl (C=O) groups excluding carboxylic acids is 1. The van der Waals surface area contributed by atoms with Crippen LogP contribution in [0.3, 0.4) is 0 Å². The SMILES string of the molecule is CC(C)(C)OC(=O)Cn1c(Br)ccc1-c1ccccc1. The van der Waals surface area contributed by atoms with Gasteiger partial charge in [-0.1, -0.05) is 30.3 Å². The lowest BCUT2D eigenvalue weighted by Crippen LogP contribution is -2.26. The van der Waals surface area contributed by atoms with E-state index in [1.54, 1.807) is 0 Å². The van der Waals surface area contributed by atoms with Crippen molar-refractivity contribution in [3.05, 3.63) is 47.1 Å². The van der Waals surface area contributed by atoms with Crippen LogP contribution in [-0.4, -0.2) is 16.1 Å². The summed E-state index contributed by atoms with van der Waals surface area (Å²) in [4.78, 5) is 12.0. The third kappa shape index (κ3) is 3.73. The summed E-state index contributed by atoms with van der Waals surface area (Å²) in [5, 5.41) is 0. The summed E-state index contributed by atoms with van der Waals surface area (Å²) in [6.07, 6.45) is 0. The van der Waals surface area contributed by atoms with Crippen LogP contribution in [0.5, 0.6) is 0 Å². The monoisotopic (exact) mass is 335 g/mol. The Kier molecular flexibility index (Phi) is 4.33. The van der Waals surface area contributed by atoms with Crippen LogP contribution in [0.15, 0.2) is 47.1 Å². The molecule has 2 rings (SSSR count). The summed E-state index contributed by atoms with van der Waals surface area (Å²) in [5.74, 6) is -0.244. The van der Waals surface area contributed by atoms with E-state index in [2.05, 4.69) is 15.9 Å². The van der Waals surface area contributed by atoms with Crippen molar-refractivity contribution in [2.24, 2.45) is 0 Å². The molecule has 0 unspecified atom stereocenters. The standard InChI is InChI=1S/C16H18BrNO2/c1-16(2,3)20-15(19)11-18-13(9-10-14(18)17)12-7-5-4-6-8-12/h4-10H,11H2,1-3H3. The normalized spacial score (nSPS) is 11.4. The van der Waals surface area contributed by atoms with E-state index in [1.807, 2.05) is 67.8 Å². The van der Waals surface area contributed by atoms with Crippen molar-refractivity contribution in [2.75, 3.05) is 0 Å². The Hall–Kier alpha value is -1.55. The molecule has 0 saturated heterocycles. The predicted octanol–water partition coefficient (Wildman–Crippen LogP) is 4.26. The minimum atomic E-state index is -0.469. The van der Waals surface area contributed by atoms with Crippen molar-refractivity contribution >= 4 is 21.9 Å². The molecule has 4 heteroatoms. The van der Waals surface area contributed by atoms with Crippen LogP contribution in [0, 0.1) is 0 Å². The number of rotatable bonds is 3. The average molecular weight is 336 g/mol. The number of benzene rings is 1. The Bertz CT molecular complexity index is 597. The zero-order valence-corrected chi connectivity index (χ0v) is 13.5. The Morgan fingerprint density at radius 1 is 1.15 bits per heavy atom. The molecule has 2 aromatic rings. The fraction of sp³-hybridized carbons (Fsp3) is 0.312. The third-order valence-electron chi connectivity index (χ3n) is 2.70. The maximum Gasteiger partial charge on any atom is 0.326 e. The topological polar surface area (TPSA) is 31.2 Å². The smallest absolute Gasteiger partial charge is 0.326 e. The van der Waals surface area contributed by atoms with E-state index in [9.17, 15) is 4.79 Å². The van der Waals surface area contributed by atoms with Crippen molar-refractivity contribution in [2.45, 2.75) is 32.9 Å².